The lowest BCUT2D eigenvalue weighted by Crippen LogP contribution is -2.53. The molecule has 5 heteroatoms. The Morgan fingerprint density at radius 2 is 2.30 bits per heavy atom. The van der Waals surface area contributed by atoms with Crippen LogP contribution in [0.2, 0.25) is 0 Å². The van der Waals surface area contributed by atoms with Crippen molar-refractivity contribution >= 4 is 11.7 Å². The molecule has 0 saturated carbocycles. The lowest BCUT2D eigenvalue weighted by Gasteiger charge is -2.35. The molecule has 2 aliphatic heterocycles. The van der Waals surface area contributed by atoms with E-state index in [2.05, 4.69) is 10.6 Å². The third-order valence-corrected chi connectivity index (χ3v) is 4.29. The maximum Gasteiger partial charge on any atom is 0.310 e. The monoisotopic (exact) mass is 278 g/mol. The fourth-order valence-electron chi connectivity index (χ4n) is 3.33. The molecule has 0 aromatic heterocycles. The smallest absolute Gasteiger partial charge is 0.310 e. The van der Waals surface area contributed by atoms with E-state index in [1.807, 2.05) is 0 Å². The molecular weight excluding hydrogens is 259 g/mol. The topological polar surface area (TPSA) is 50.4 Å². The summed E-state index contributed by atoms with van der Waals surface area (Å²) < 4.78 is 18.2. The van der Waals surface area contributed by atoms with E-state index in [-0.39, 0.29) is 29.8 Å². The summed E-state index contributed by atoms with van der Waals surface area (Å²) >= 11 is 0. The van der Waals surface area contributed by atoms with Crippen LogP contribution in [0.1, 0.15) is 18.4 Å². The molecule has 0 aliphatic carbocycles. The van der Waals surface area contributed by atoms with Gasteiger partial charge in [0.1, 0.15) is 5.82 Å². The van der Waals surface area contributed by atoms with Gasteiger partial charge >= 0.3 is 5.97 Å². The Kier molecular flexibility index (Phi) is 3.61. The first-order valence-electron chi connectivity index (χ1n) is 7.05. The van der Waals surface area contributed by atoms with E-state index >= 15 is 0 Å². The molecular formula is C15H19FN2O2. The van der Waals surface area contributed by atoms with Gasteiger partial charge in [-0.1, -0.05) is 0 Å². The predicted octanol–water partition coefficient (Wildman–Crippen LogP) is 1.70. The first-order valence-corrected chi connectivity index (χ1v) is 7.05. The van der Waals surface area contributed by atoms with Crippen LogP contribution in [0.25, 0.3) is 0 Å². The molecule has 2 aliphatic rings. The highest BCUT2D eigenvalue weighted by molar-refractivity contribution is 5.74. The first-order chi connectivity index (χ1) is 9.69. The van der Waals surface area contributed by atoms with Crippen LogP contribution in [0.5, 0.6) is 0 Å². The van der Waals surface area contributed by atoms with Crippen LogP contribution in [0.15, 0.2) is 18.2 Å². The molecule has 0 amide bonds. The number of hydrogen-bond acceptors (Lipinski definition) is 4. The predicted molar refractivity (Wildman–Crippen MR) is 74.0 cm³/mol. The van der Waals surface area contributed by atoms with Crippen molar-refractivity contribution in [2.24, 2.45) is 5.92 Å². The van der Waals surface area contributed by atoms with E-state index in [1.54, 1.807) is 12.1 Å². The SMILES string of the molecule is COC(=O)C1CCCNC1C1Cc2cc(F)ccc2N1. The number of halogens is 1. The lowest BCUT2D eigenvalue weighted by atomic mass is 9.85. The summed E-state index contributed by atoms with van der Waals surface area (Å²) in [6, 6.07) is 4.93. The van der Waals surface area contributed by atoms with Crippen LogP contribution in [0.4, 0.5) is 10.1 Å². The number of ether oxygens (including phenoxy) is 1. The van der Waals surface area contributed by atoms with Gasteiger partial charge in [-0.25, -0.2) is 4.39 Å². The van der Waals surface area contributed by atoms with Gasteiger partial charge in [0.25, 0.3) is 0 Å². The Labute approximate surface area is 117 Å². The van der Waals surface area contributed by atoms with Crippen molar-refractivity contribution in [3.05, 3.63) is 29.6 Å². The number of rotatable bonds is 2. The molecule has 1 saturated heterocycles. The Morgan fingerprint density at radius 3 is 3.10 bits per heavy atom. The third kappa shape index (κ3) is 2.38. The molecule has 20 heavy (non-hydrogen) atoms. The van der Waals surface area contributed by atoms with E-state index < -0.39 is 0 Å². The Morgan fingerprint density at radius 1 is 1.45 bits per heavy atom. The van der Waals surface area contributed by atoms with E-state index in [9.17, 15) is 9.18 Å². The Bertz CT molecular complexity index is 521. The van der Waals surface area contributed by atoms with Crippen molar-refractivity contribution in [2.75, 3.05) is 19.0 Å². The zero-order valence-corrected chi connectivity index (χ0v) is 11.5. The van der Waals surface area contributed by atoms with Gasteiger partial charge in [0.05, 0.1) is 13.0 Å². The van der Waals surface area contributed by atoms with Crippen molar-refractivity contribution in [3.63, 3.8) is 0 Å². The number of methoxy groups -OCH3 is 1. The molecule has 2 heterocycles. The summed E-state index contributed by atoms with van der Waals surface area (Å²) in [6.45, 7) is 0.904. The average Bonchev–Trinajstić information content (AvgIpc) is 2.89. The van der Waals surface area contributed by atoms with E-state index in [0.29, 0.717) is 0 Å². The normalized spacial score (nSPS) is 28.6. The van der Waals surface area contributed by atoms with Crippen molar-refractivity contribution in [2.45, 2.75) is 31.3 Å². The number of anilines is 1. The van der Waals surface area contributed by atoms with Gasteiger partial charge < -0.3 is 15.4 Å². The quantitative estimate of drug-likeness (QED) is 0.809. The minimum atomic E-state index is -0.215. The van der Waals surface area contributed by atoms with Crippen molar-refractivity contribution < 1.29 is 13.9 Å². The molecule has 4 nitrogen and oxygen atoms in total. The molecule has 2 N–H and O–H groups in total. The largest absolute Gasteiger partial charge is 0.469 e. The number of carbonyl (C=O) groups excluding carboxylic acids is 1. The van der Waals surface area contributed by atoms with Gasteiger partial charge in [-0.2, -0.15) is 0 Å². The number of benzene rings is 1. The maximum atomic E-state index is 13.3. The second-order valence-electron chi connectivity index (χ2n) is 5.51. The Balaban J connectivity index is 1.78. The first kappa shape index (κ1) is 13.4. The summed E-state index contributed by atoms with van der Waals surface area (Å²) in [7, 11) is 1.43. The zero-order valence-electron chi connectivity index (χ0n) is 11.5. The van der Waals surface area contributed by atoms with Crippen LogP contribution in [0.3, 0.4) is 0 Å². The van der Waals surface area contributed by atoms with Crippen LogP contribution < -0.4 is 10.6 Å². The number of esters is 1. The van der Waals surface area contributed by atoms with Crippen LogP contribution >= 0.6 is 0 Å². The third-order valence-electron chi connectivity index (χ3n) is 4.29. The van der Waals surface area contributed by atoms with Crippen LogP contribution in [-0.2, 0) is 16.0 Å². The van der Waals surface area contributed by atoms with E-state index in [4.69, 9.17) is 4.74 Å². The number of piperidine rings is 1. The van der Waals surface area contributed by atoms with Gasteiger partial charge in [-0.3, -0.25) is 4.79 Å². The summed E-state index contributed by atoms with van der Waals surface area (Å²) in [5.74, 6) is -0.510. The second kappa shape index (κ2) is 5.40. The second-order valence-corrected chi connectivity index (χ2v) is 5.51. The number of carbonyl (C=O) groups is 1. The molecule has 1 aromatic carbocycles. The molecule has 0 spiro atoms. The summed E-state index contributed by atoms with van der Waals surface area (Å²) in [6.07, 6.45) is 2.55. The zero-order chi connectivity index (χ0) is 14.1. The van der Waals surface area contributed by atoms with Gasteiger partial charge in [0, 0.05) is 17.8 Å². The summed E-state index contributed by atoms with van der Waals surface area (Å²) in [5, 5.41) is 6.82. The fourth-order valence-corrected chi connectivity index (χ4v) is 3.33. The highest BCUT2D eigenvalue weighted by atomic mass is 19.1. The number of hydrogen-bond donors (Lipinski definition) is 2. The van der Waals surface area contributed by atoms with E-state index in [0.717, 1.165) is 37.1 Å². The standard InChI is InChI=1S/C15H19FN2O2/c1-20-15(19)11-3-2-6-17-14(11)13-8-9-7-10(16)4-5-12(9)18-13/h4-5,7,11,13-14,17-18H,2-3,6,8H2,1H3. The minimum Gasteiger partial charge on any atom is -0.469 e. The molecule has 1 aromatic rings. The highest BCUT2D eigenvalue weighted by Gasteiger charge is 2.39. The fraction of sp³-hybridized carbons (Fsp3) is 0.533. The van der Waals surface area contributed by atoms with E-state index in [1.165, 1.54) is 13.2 Å². The molecule has 3 unspecified atom stereocenters. The van der Waals surface area contributed by atoms with Crippen molar-refractivity contribution in [1.29, 1.82) is 0 Å². The number of fused-ring (bicyclic) bond motifs is 1. The average molecular weight is 278 g/mol. The maximum absolute atomic E-state index is 13.3. The molecule has 0 bridgehead atoms. The van der Waals surface area contributed by atoms with Crippen LogP contribution in [0, 0.1) is 11.7 Å². The minimum absolute atomic E-state index is 0.0339. The molecule has 0 radical (unpaired) electrons. The van der Waals surface area contributed by atoms with Gasteiger partial charge in [0.2, 0.25) is 0 Å². The van der Waals surface area contributed by atoms with Crippen molar-refractivity contribution in [1.82, 2.24) is 5.32 Å². The van der Waals surface area contributed by atoms with Gasteiger partial charge in [-0.15, -0.1) is 0 Å². The molecule has 108 valence electrons. The van der Waals surface area contributed by atoms with Crippen LogP contribution in [-0.4, -0.2) is 31.7 Å². The Hall–Kier alpha value is -1.62. The number of nitrogens with one attached hydrogen (secondary N) is 2. The molecule has 3 rings (SSSR count). The summed E-state index contributed by atoms with van der Waals surface area (Å²) in [5.41, 5.74) is 1.94. The lowest BCUT2D eigenvalue weighted by molar-refractivity contribution is -0.147. The van der Waals surface area contributed by atoms with Crippen molar-refractivity contribution in [3.8, 4) is 0 Å². The molecule has 3 atom stereocenters. The van der Waals surface area contributed by atoms with Gasteiger partial charge in [-0.05, 0) is 49.6 Å². The molecule has 1 fully saturated rings. The van der Waals surface area contributed by atoms with Gasteiger partial charge in [0.15, 0.2) is 0 Å². The highest BCUT2D eigenvalue weighted by Crippen LogP contribution is 2.31. The summed E-state index contributed by atoms with van der Waals surface area (Å²) in [4.78, 5) is 11.9.